The first-order valence-electron chi connectivity index (χ1n) is 13.6. The normalized spacial score (nSPS) is 22.9. The Morgan fingerprint density at radius 3 is 2.16 bits per heavy atom. The van der Waals surface area contributed by atoms with Crippen LogP contribution in [0.4, 0.5) is 0 Å². The molecule has 2 saturated heterocycles. The van der Waals surface area contributed by atoms with Gasteiger partial charge in [0.1, 0.15) is 12.6 Å². The molecular formula is C27H49N5O5. The van der Waals surface area contributed by atoms with Crippen LogP contribution in [-0.4, -0.2) is 120 Å². The lowest BCUT2D eigenvalue weighted by molar-refractivity contribution is -0.146. The molecule has 2 N–H and O–H groups in total. The number of likely N-dealkylation sites (N-methyl/N-ethyl adjacent to an activating group) is 3. The van der Waals surface area contributed by atoms with Crippen molar-refractivity contribution in [2.45, 2.75) is 90.9 Å². The number of carbonyl (C=O) groups excluding carboxylic acids is 3. The Hall–Kier alpha value is -2.20. The lowest BCUT2D eigenvalue weighted by atomic mass is 9.84. The lowest BCUT2D eigenvalue weighted by Gasteiger charge is -2.41. The number of carbonyl (C=O) groups is 4. The van der Waals surface area contributed by atoms with Gasteiger partial charge < -0.3 is 20.2 Å². The van der Waals surface area contributed by atoms with Crippen LogP contribution in [0.25, 0.3) is 0 Å². The highest BCUT2D eigenvalue weighted by Crippen LogP contribution is 2.26. The highest BCUT2D eigenvalue weighted by Gasteiger charge is 2.41. The van der Waals surface area contributed by atoms with E-state index in [0.29, 0.717) is 13.0 Å². The number of hydrogen-bond acceptors (Lipinski definition) is 6. The summed E-state index contributed by atoms with van der Waals surface area (Å²) in [5, 5.41) is 12.2. The summed E-state index contributed by atoms with van der Waals surface area (Å²) in [6.45, 7) is 11.8. The second-order valence-electron chi connectivity index (χ2n) is 12.3. The van der Waals surface area contributed by atoms with E-state index in [0.717, 1.165) is 38.8 Å². The number of piperidine rings is 1. The molecule has 0 aromatic carbocycles. The third-order valence-corrected chi connectivity index (χ3v) is 7.91. The van der Waals surface area contributed by atoms with E-state index in [1.165, 1.54) is 11.9 Å². The van der Waals surface area contributed by atoms with Gasteiger partial charge in [-0.15, -0.1) is 0 Å². The molecule has 2 heterocycles. The summed E-state index contributed by atoms with van der Waals surface area (Å²) in [5.74, 6) is -1.36. The molecule has 0 bridgehead atoms. The van der Waals surface area contributed by atoms with E-state index in [9.17, 15) is 19.2 Å². The molecule has 4 unspecified atom stereocenters. The average molecular weight is 524 g/mol. The fourth-order valence-electron chi connectivity index (χ4n) is 5.54. The number of rotatable bonds is 10. The summed E-state index contributed by atoms with van der Waals surface area (Å²) in [6.07, 6.45) is 4.38. The van der Waals surface area contributed by atoms with E-state index in [4.69, 9.17) is 5.11 Å². The molecule has 2 rings (SSSR count). The van der Waals surface area contributed by atoms with Gasteiger partial charge in [0, 0.05) is 26.7 Å². The van der Waals surface area contributed by atoms with Gasteiger partial charge in [0.25, 0.3) is 0 Å². The van der Waals surface area contributed by atoms with Crippen molar-refractivity contribution < 1.29 is 24.3 Å². The van der Waals surface area contributed by atoms with Crippen LogP contribution in [0.3, 0.4) is 0 Å². The van der Waals surface area contributed by atoms with E-state index >= 15 is 0 Å². The minimum absolute atomic E-state index is 0.100. The third-order valence-electron chi connectivity index (χ3n) is 7.91. The maximum absolute atomic E-state index is 13.9. The average Bonchev–Trinajstić information content (AvgIpc) is 3.26. The minimum atomic E-state index is -1.04. The maximum Gasteiger partial charge on any atom is 0.323 e. The smallest absolute Gasteiger partial charge is 0.323 e. The van der Waals surface area contributed by atoms with Gasteiger partial charge in [-0.3, -0.25) is 29.0 Å². The van der Waals surface area contributed by atoms with E-state index < -0.39 is 23.5 Å². The zero-order valence-corrected chi connectivity index (χ0v) is 24.1. The van der Waals surface area contributed by atoms with E-state index in [-0.39, 0.29) is 42.3 Å². The van der Waals surface area contributed by atoms with Crippen molar-refractivity contribution in [3.8, 4) is 0 Å². The number of hydrogen-bond donors (Lipinski definition) is 2. The summed E-state index contributed by atoms with van der Waals surface area (Å²) in [5.41, 5.74) is -0.485. The predicted molar refractivity (Wildman–Crippen MR) is 143 cm³/mol. The summed E-state index contributed by atoms with van der Waals surface area (Å²) < 4.78 is 0. The van der Waals surface area contributed by atoms with E-state index in [1.807, 2.05) is 27.8 Å². The molecule has 0 saturated carbocycles. The van der Waals surface area contributed by atoms with Crippen LogP contribution in [0.1, 0.15) is 66.7 Å². The fourth-order valence-corrected chi connectivity index (χ4v) is 5.54. The molecule has 0 aliphatic carbocycles. The predicted octanol–water partition coefficient (Wildman–Crippen LogP) is 1.49. The van der Waals surface area contributed by atoms with Crippen LogP contribution < -0.4 is 5.32 Å². The molecule has 2 aliphatic rings. The first-order valence-corrected chi connectivity index (χ1v) is 13.6. The van der Waals surface area contributed by atoms with Crippen LogP contribution in [0.15, 0.2) is 0 Å². The third kappa shape index (κ3) is 8.14. The number of carboxylic acids is 1. The molecule has 0 aromatic rings. The molecule has 10 heteroatoms. The fraction of sp³-hybridized carbons (Fsp3) is 0.852. The van der Waals surface area contributed by atoms with Crippen molar-refractivity contribution >= 4 is 23.7 Å². The number of nitrogens with one attached hydrogen (secondary N) is 1. The molecule has 3 amide bonds. The molecule has 0 radical (unpaired) electrons. The molecule has 0 spiro atoms. The van der Waals surface area contributed by atoms with Gasteiger partial charge in [-0.05, 0) is 57.2 Å². The van der Waals surface area contributed by atoms with E-state index in [2.05, 4.69) is 29.0 Å². The lowest BCUT2D eigenvalue weighted by Crippen LogP contribution is -2.61. The van der Waals surface area contributed by atoms with E-state index in [1.54, 1.807) is 11.9 Å². The van der Waals surface area contributed by atoms with Crippen LogP contribution >= 0.6 is 0 Å². The molecule has 37 heavy (non-hydrogen) atoms. The Kier molecular flexibility index (Phi) is 10.9. The summed E-state index contributed by atoms with van der Waals surface area (Å²) in [6, 6.07) is -1.48. The SMILES string of the molecule is CC(C)C(CN1CCCC1C(=O)N(C)CC(=O)O)N(C)C(=O)C(NC(=O)C1CCCCN1C)C(C)(C)C. The number of carboxylic acid groups (broad SMARTS) is 1. The Morgan fingerprint density at radius 1 is 1.00 bits per heavy atom. The van der Waals surface area contributed by atoms with Crippen molar-refractivity contribution in [1.82, 2.24) is 24.9 Å². The quantitative estimate of drug-likeness (QED) is 0.446. The first-order chi connectivity index (χ1) is 17.1. The molecule has 10 nitrogen and oxygen atoms in total. The zero-order chi connectivity index (χ0) is 28.1. The monoisotopic (exact) mass is 523 g/mol. The van der Waals surface area contributed by atoms with Gasteiger partial charge in [0.05, 0.1) is 12.1 Å². The Labute approximate surface area is 222 Å². The van der Waals surface area contributed by atoms with Gasteiger partial charge in [-0.2, -0.15) is 0 Å². The van der Waals surface area contributed by atoms with Crippen LogP contribution in [0.2, 0.25) is 0 Å². The van der Waals surface area contributed by atoms with Gasteiger partial charge >= 0.3 is 5.97 Å². The molecular weight excluding hydrogens is 474 g/mol. The van der Waals surface area contributed by atoms with Crippen molar-refractivity contribution in [3.05, 3.63) is 0 Å². The van der Waals surface area contributed by atoms with Crippen LogP contribution in [0.5, 0.6) is 0 Å². The second-order valence-corrected chi connectivity index (χ2v) is 12.3. The van der Waals surface area contributed by atoms with Crippen molar-refractivity contribution in [1.29, 1.82) is 0 Å². The number of aliphatic carboxylic acids is 1. The summed E-state index contributed by atoms with van der Waals surface area (Å²) in [4.78, 5) is 58.3. The standard InChI is InChI=1S/C27H49N5O5/c1-18(2)21(16-32-15-11-13-20(32)25(36)30(7)17-22(33)34)31(8)26(37)23(27(3,4)5)28-24(35)19-12-9-10-14-29(19)6/h18-21,23H,9-17H2,1-8H3,(H,28,35)(H,33,34). The molecule has 2 aliphatic heterocycles. The van der Waals surface area contributed by atoms with Gasteiger partial charge in [-0.1, -0.05) is 41.0 Å². The number of nitrogens with zero attached hydrogens (tertiary/aromatic N) is 4. The van der Waals surface area contributed by atoms with Crippen molar-refractivity contribution in [2.75, 3.05) is 47.3 Å². The number of amides is 3. The largest absolute Gasteiger partial charge is 0.480 e. The molecule has 4 atom stereocenters. The second kappa shape index (κ2) is 13.0. The zero-order valence-electron chi connectivity index (χ0n) is 24.1. The Bertz CT molecular complexity index is 826. The Balaban J connectivity index is 2.18. The molecule has 2 fully saturated rings. The summed E-state index contributed by atoms with van der Waals surface area (Å²) in [7, 11) is 5.26. The maximum atomic E-state index is 13.9. The minimum Gasteiger partial charge on any atom is -0.480 e. The Morgan fingerprint density at radius 2 is 1.62 bits per heavy atom. The van der Waals surface area contributed by atoms with Crippen molar-refractivity contribution in [2.24, 2.45) is 11.3 Å². The van der Waals surface area contributed by atoms with Gasteiger partial charge in [0.15, 0.2) is 0 Å². The van der Waals surface area contributed by atoms with Crippen LogP contribution in [-0.2, 0) is 19.2 Å². The van der Waals surface area contributed by atoms with Crippen molar-refractivity contribution in [3.63, 3.8) is 0 Å². The van der Waals surface area contributed by atoms with Gasteiger partial charge in [-0.25, -0.2) is 0 Å². The topological polar surface area (TPSA) is 113 Å². The highest BCUT2D eigenvalue weighted by molar-refractivity contribution is 5.90. The first kappa shape index (κ1) is 31.0. The number of likely N-dealkylation sites (tertiary alicyclic amines) is 2. The molecule has 0 aromatic heterocycles. The molecule has 212 valence electrons. The highest BCUT2D eigenvalue weighted by atomic mass is 16.4. The van der Waals surface area contributed by atoms with Crippen LogP contribution in [0, 0.1) is 11.3 Å². The van der Waals surface area contributed by atoms with Gasteiger partial charge in [0.2, 0.25) is 17.7 Å². The summed E-state index contributed by atoms with van der Waals surface area (Å²) >= 11 is 0.